The van der Waals surface area contributed by atoms with Crippen LogP contribution in [0, 0.1) is 39.4 Å². The Morgan fingerprint density at radius 2 is 1.64 bits per heavy atom. The van der Waals surface area contributed by atoms with Crippen LogP contribution in [0.3, 0.4) is 0 Å². The second kappa shape index (κ2) is 14.6. The molecule has 288 valence electrons. The monoisotopic (exact) mass is 724 g/mol. The summed E-state index contributed by atoms with van der Waals surface area (Å²) in [6.45, 7) is 19.6. The lowest BCUT2D eigenvalue weighted by Gasteiger charge is -2.62. The van der Waals surface area contributed by atoms with Gasteiger partial charge < -0.3 is 24.1 Å². The molecule has 2 aromatic carbocycles. The van der Waals surface area contributed by atoms with Crippen LogP contribution in [0.25, 0.3) is 22.1 Å². The summed E-state index contributed by atoms with van der Waals surface area (Å²) in [5.74, 6) is 3.11. The molecule has 1 aromatic heterocycles. The quantitative estimate of drug-likeness (QED) is 0.236. The summed E-state index contributed by atoms with van der Waals surface area (Å²) in [7, 11) is 2.99. The second-order valence-corrected chi connectivity index (χ2v) is 18.3. The van der Waals surface area contributed by atoms with E-state index in [9.17, 15) is 15.0 Å². The van der Waals surface area contributed by atoms with E-state index in [1.165, 1.54) is 88.9 Å². The van der Waals surface area contributed by atoms with Crippen LogP contribution in [0.15, 0.2) is 74.7 Å². The zero-order chi connectivity index (χ0) is 38.5. The van der Waals surface area contributed by atoms with E-state index in [4.69, 9.17) is 13.9 Å². The Bertz CT molecular complexity index is 1930. The predicted octanol–water partition coefficient (Wildman–Crippen LogP) is 11.7. The van der Waals surface area contributed by atoms with Crippen molar-refractivity contribution in [2.24, 2.45) is 39.4 Å². The topological polar surface area (TPSA) is 89.1 Å². The average molecular weight is 725 g/mol. The summed E-state index contributed by atoms with van der Waals surface area (Å²) in [6, 6.07) is 10.1. The number of ether oxygens (including phenoxy) is 2. The van der Waals surface area contributed by atoms with Gasteiger partial charge in [-0.25, -0.2) is 0 Å². The molecule has 53 heavy (non-hydrogen) atoms. The summed E-state index contributed by atoms with van der Waals surface area (Å²) < 4.78 is 15.7. The van der Waals surface area contributed by atoms with Gasteiger partial charge in [-0.05, 0) is 147 Å². The third kappa shape index (κ3) is 6.55. The van der Waals surface area contributed by atoms with Gasteiger partial charge >= 0.3 is 0 Å². The van der Waals surface area contributed by atoms with Gasteiger partial charge in [-0.3, -0.25) is 4.79 Å². The van der Waals surface area contributed by atoms with E-state index in [0.29, 0.717) is 38.9 Å². The molecule has 2 fully saturated rings. The van der Waals surface area contributed by atoms with E-state index >= 15 is 0 Å². The highest BCUT2D eigenvalue weighted by molar-refractivity contribution is 5.88. The highest BCUT2D eigenvalue weighted by Gasteiger charge is 2.63. The molecular weight excluding hydrogens is 661 g/mol. The van der Waals surface area contributed by atoms with Crippen molar-refractivity contribution in [2.45, 2.75) is 126 Å². The largest absolute Gasteiger partial charge is 0.504 e. The van der Waals surface area contributed by atoms with Crippen molar-refractivity contribution >= 4 is 11.0 Å². The molecule has 2 N–H and O–H groups in total. The lowest BCUT2D eigenvalue weighted by Crippen LogP contribution is -2.55. The van der Waals surface area contributed by atoms with Crippen molar-refractivity contribution in [3.8, 4) is 28.4 Å². The SMILES string of the molecule is CC(C)=CCCC(C)C1CCC2(C)C3=C(CCC12C)C1(C)CCC(O)C(C)(C)C1CC3.COc1ccc(-c2coc3c(OC)c(O)ccc3c2=O)cc1. The number of aliphatic hydroxyl groups is 1. The molecule has 2 saturated carbocycles. The Hall–Kier alpha value is -3.51. The second-order valence-electron chi connectivity index (χ2n) is 18.3. The number of hydrogen-bond donors (Lipinski definition) is 2. The van der Waals surface area contributed by atoms with Crippen molar-refractivity contribution in [1.82, 2.24) is 0 Å². The highest BCUT2D eigenvalue weighted by atomic mass is 16.5. The lowest BCUT2D eigenvalue weighted by atomic mass is 9.43. The van der Waals surface area contributed by atoms with Gasteiger partial charge in [-0.1, -0.05) is 76.5 Å². The minimum atomic E-state index is -0.190. The van der Waals surface area contributed by atoms with E-state index < -0.39 is 0 Å². The standard InChI is InChI=1S/C30H50O.C17H14O5/c1-20(2)10-9-11-21(3)22-14-18-30(8)24-12-13-25-27(4,5)26(31)16-17-28(25,6)23(24)15-19-29(22,30)7;1-20-11-5-3-10(4-6-11)13-9-22-16-12(15(13)19)7-8-14(18)17(16)21-2/h10,21-22,25-26,31H,9,11-19H2,1-8H3;3-9,18H,1-2H3. The van der Waals surface area contributed by atoms with Crippen LogP contribution in [-0.4, -0.2) is 30.5 Å². The van der Waals surface area contributed by atoms with Crippen LogP contribution in [0.2, 0.25) is 0 Å². The van der Waals surface area contributed by atoms with E-state index in [2.05, 4.69) is 61.5 Å². The first-order valence-corrected chi connectivity index (χ1v) is 20.0. The molecular formula is C47H64O6. The number of allylic oxidation sites excluding steroid dienone is 4. The van der Waals surface area contributed by atoms with E-state index in [0.717, 1.165) is 23.8 Å². The Morgan fingerprint density at radius 1 is 0.925 bits per heavy atom. The fraction of sp³-hybridized carbons (Fsp3) is 0.596. The number of benzene rings is 2. The fourth-order valence-electron chi connectivity index (χ4n) is 11.8. The van der Waals surface area contributed by atoms with Crippen molar-refractivity contribution in [1.29, 1.82) is 0 Å². The zero-order valence-electron chi connectivity index (χ0n) is 34.0. The van der Waals surface area contributed by atoms with Crippen LogP contribution in [0.4, 0.5) is 0 Å². The number of aliphatic hydroxyl groups excluding tert-OH is 1. The molecule has 4 aliphatic carbocycles. The van der Waals surface area contributed by atoms with Crippen LogP contribution < -0.4 is 14.9 Å². The van der Waals surface area contributed by atoms with Crippen molar-refractivity contribution in [3.63, 3.8) is 0 Å². The van der Waals surface area contributed by atoms with Gasteiger partial charge in [0, 0.05) is 0 Å². The molecule has 7 rings (SSSR count). The van der Waals surface area contributed by atoms with Gasteiger partial charge in [0.25, 0.3) is 0 Å². The number of hydrogen-bond acceptors (Lipinski definition) is 6. The third-order valence-corrected chi connectivity index (χ3v) is 15.1. The highest BCUT2D eigenvalue weighted by Crippen LogP contribution is 2.72. The zero-order valence-corrected chi connectivity index (χ0v) is 34.0. The summed E-state index contributed by atoms with van der Waals surface area (Å²) in [6.07, 6.45) is 16.5. The number of rotatable bonds is 7. The average Bonchev–Trinajstić information content (AvgIpc) is 3.41. The third-order valence-electron chi connectivity index (χ3n) is 15.1. The normalized spacial score (nSPS) is 30.7. The summed E-state index contributed by atoms with van der Waals surface area (Å²) in [5, 5.41) is 20.9. The van der Waals surface area contributed by atoms with Crippen LogP contribution in [0.5, 0.6) is 17.2 Å². The molecule has 0 amide bonds. The first kappa shape index (κ1) is 39.2. The maximum Gasteiger partial charge on any atom is 0.204 e. The maximum atomic E-state index is 12.6. The molecule has 0 radical (unpaired) electrons. The first-order valence-electron chi connectivity index (χ1n) is 20.0. The van der Waals surface area contributed by atoms with Crippen molar-refractivity contribution in [2.75, 3.05) is 14.2 Å². The molecule has 4 aliphatic rings. The van der Waals surface area contributed by atoms with Crippen LogP contribution in [0.1, 0.15) is 120 Å². The Kier molecular flexibility index (Phi) is 10.8. The molecule has 3 aromatic rings. The maximum absolute atomic E-state index is 12.6. The van der Waals surface area contributed by atoms with E-state index in [1.807, 2.05) is 11.1 Å². The number of aromatic hydroxyl groups is 1. The number of phenolic OH excluding ortho intramolecular Hbond substituents is 1. The van der Waals surface area contributed by atoms with Gasteiger partial charge in [-0.15, -0.1) is 0 Å². The smallest absolute Gasteiger partial charge is 0.204 e. The van der Waals surface area contributed by atoms with Crippen LogP contribution in [-0.2, 0) is 0 Å². The first-order chi connectivity index (χ1) is 25.0. The Morgan fingerprint density at radius 3 is 2.30 bits per heavy atom. The fourth-order valence-corrected chi connectivity index (χ4v) is 11.8. The van der Waals surface area contributed by atoms with Gasteiger partial charge in [0.2, 0.25) is 11.2 Å². The minimum absolute atomic E-state index is 0.0465. The minimum Gasteiger partial charge on any atom is -0.504 e. The van der Waals surface area contributed by atoms with Gasteiger partial charge in [0.15, 0.2) is 11.3 Å². The number of fused-ring (bicyclic) bond motifs is 5. The molecule has 7 unspecified atom stereocenters. The van der Waals surface area contributed by atoms with Gasteiger partial charge in [-0.2, -0.15) is 0 Å². The van der Waals surface area contributed by atoms with Crippen molar-refractivity contribution in [3.05, 3.63) is 75.7 Å². The van der Waals surface area contributed by atoms with Gasteiger partial charge in [0.05, 0.1) is 31.3 Å². The number of phenols is 1. The number of methoxy groups -OCH3 is 2. The molecule has 0 aliphatic heterocycles. The molecule has 6 heteroatoms. The van der Waals surface area contributed by atoms with E-state index in [1.54, 1.807) is 31.4 Å². The summed E-state index contributed by atoms with van der Waals surface area (Å²) >= 11 is 0. The molecule has 0 bridgehead atoms. The molecule has 0 spiro atoms. The summed E-state index contributed by atoms with van der Waals surface area (Å²) in [5.41, 5.74) is 7.60. The molecule has 6 nitrogen and oxygen atoms in total. The van der Waals surface area contributed by atoms with Crippen molar-refractivity contribution < 1.29 is 24.1 Å². The molecule has 7 atom stereocenters. The summed E-state index contributed by atoms with van der Waals surface area (Å²) in [4.78, 5) is 12.6. The van der Waals surface area contributed by atoms with Gasteiger partial charge in [0.1, 0.15) is 12.0 Å². The Balaban J connectivity index is 0.000000192. The lowest BCUT2D eigenvalue weighted by molar-refractivity contribution is -0.0962. The Labute approximate surface area is 317 Å². The van der Waals surface area contributed by atoms with Crippen LogP contribution >= 0.6 is 0 Å². The van der Waals surface area contributed by atoms with E-state index in [-0.39, 0.29) is 34.0 Å². The molecule has 0 saturated heterocycles. The predicted molar refractivity (Wildman–Crippen MR) is 216 cm³/mol. The molecule has 1 heterocycles.